The van der Waals surface area contributed by atoms with Crippen molar-refractivity contribution in [2.24, 2.45) is 0 Å². The molecule has 1 saturated heterocycles. The number of hydrogen-bond donors (Lipinski definition) is 1. The Balaban J connectivity index is 2.05. The van der Waals surface area contributed by atoms with Gasteiger partial charge in [-0.1, -0.05) is 24.3 Å². The smallest absolute Gasteiger partial charge is 0.335 e. The summed E-state index contributed by atoms with van der Waals surface area (Å²) in [7, 11) is 1.57. The predicted octanol–water partition coefficient (Wildman–Crippen LogP) is 2.98. The quantitative estimate of drug-likeness (QED) is 0.682. The highest BCUT2D eigenvalue weighted by Gasteiger charge is 2.37. The zero-order chi connectivity index (χ0) is 18.8. The number of methoxy groups -OCH3 is 1. The molecule has 4 amide bonds. The molecule has 3 rings (SSSR count). The summed E-state index contributed by atoms with van der Waals surface area (Å²) in [6.07, 6.45) is 1.49. The van der Waals surface area contributed by atoms with Crippen molar-refractivity contribution >= 4 is 29.6 Å². The summed E-state index contributed by atoms with van der Waals surface area (Å²) in [5.41, 5.74) is 2.64. The summed E-state index contributed by atoms with van der Waals surface area (Å²) in [5, 5.41) is 2.23. The standard InChI is InChI=1S/C20H18N2O4/c1-12-6-4-5-7-17(12)22-19(24)16(18(23)21-20(22)25)11-14-8-9-15(26-3)10-13(14)2/h4-11H,1-3H3,(H,21,23,25)/b16-11+. The first-order chi connectivity index (χ1) is 12.4. The molecule has 0 saturated carbocycles. The van der Waals surface area contributed by atoms with Crippen molar-refractivity contribution in [1.29, 1.82) is 0 Å². The number of imide groups is 2. The van der Waals surface area contributed by atoms with Gasteiger partial charge in [-0.15, -0.1) is 0 Å². The van der Waals surface area contributed by atoms with Crippen LogP contribution in [0.3, 0.4) is 0 Å². The van der Waals surface area contributed by atoms with Crippen molar-refractivity contribution in [2.75, 3.05) is 12.0 Å². The zero-order valence-corrected chi connectivity index (χ0v) is 14.7. The van der Waals surface area contributed by atoms with Gasteiger partial charge in [-0.3, -0.25) is 14.9 Å². The van der Waals surface area contributed by atoms with Gasteiger partial charge >= 0.3 is 6.03 Å². The summed E-state index contributed by atoms with van der Waals surface area (Å²) >= 11 is 0. The Bertz CT molecular complexity index is 947. The van der Waals surface area contributed by atoms with Crippen molar-refractivity contribution in [2.45, 2.75) is 13.8 Å². The molecule has 0 radical (unpaired) electrons. The highest BCUT2D eigenvalue weighted by Crippen LogP contribution is 2.26. The third-order valence-corrected chi connectivity index (χ3v) is 4.23. The molecule has 0 unspecified atom stereocenters. The third kappa shape index (κ3) is 3.09. The number of para-hydroxylation sites is 1. The molecule has 1 aliphatic rings. The van der Waals surface area contributed by atoms with Crippen molar-refractivity contribution < 1.29 is 19.1 Å². The van der Waals surface area contributed by atoms with Crippen LogP contribution < -0.4 is 15.0 Å². The molecule has 132 valence electrons. The third-order valence-electron chi connectivity index (χ3n) is 4.23. The van der Waals surface area contributed by atoms with Crippen LogP contribution in [0.15, 0.2) is 48.0 Å². The topological polar surface area (TPSA) is 75.7 Å². The SMILES string of the molecule is COc1ccc(/C=C2\C(=O)NC(=O)N(c3ccccc3C)C2=O)c(C)c1. The molecule has 1 fully saturated rings. The van der Waals surface area contributed by atoms with E-state index >= 15 is 0 Å². The minimum absolute atomic E-state index is 0.0962. The van der Waals surface area contributed by atoms with Gasteiger partial charge in [0.1, 0.15) is 11.3 Å². The van der Waals surface area contributed by atoms with E-state index in [1.54, 1.807) is 44.4 Å². The highest BCUT2D eigenvalue weighted by molar-refractivity contribution is 6.39. The number of nitrogens with zero attached hydrogens (tertiary/aromatic N) is 1. The summed E-state index contributed by atoms with van der Waals surface area (Å²) in [6.45, 7) is 3.65. The fraction of sp³-hybridized carbons (Fsp3) is 0.150. The van der Waals surface area contributed by atoms with Gasteiger partial charge in [0.15, 0.2) is 0 Å². The molecule has 2 aromatic rings. The van der Waals surface area contributed by atoms with Crippen LogP contribution in [-0.2, 0) is 9.59 Å². The van der Waals surface area contributed by atoms with Gasteiger partial charge in [-0.05, 0) is 54.8 Å². The molecule has 0 aromatic heterocycles. The molecular formula is C20H18N2O4. The molecule has 1 N–H and O–H groups in total. The van der Waals surface area contributed by atoms with Gasteiger partial charge in [-0.2, -0.15) is 0 Å². The fourth-order valence-corrected chi connectivity index (χ4v) is 2.78. The average Bonchev–Trinajstić information content (AvgIpc) is 2.61. The Morgan fingerprint density at radius 3 is 2.38 bits per heavy atom. The molecule has 0 atom stereocenters. The van der Waals surface area contributed by atoms with E-state index in [-0.39, 0.29) is 5.57 Å². The lowest BCUT2D eigenvalue weighted by molar-refractivity contribution is -0.122. The largest absolute Gasteiger partial charge is 0.497 e. The van der Waals surface area contributed by atoms with Gasteiger partial charge in [0, 0.05) is 0 Å². The monoisotopic (exact) mass is 350 g/mol. The lowest BCUT2D eigenvalue weighted by Crippen LogP contribution is -2.54. The fourth-order valence-electron chi connectivity index (χ4n) is 2.78. The van der Waals surface area contributed by atoms with Crippen LogP contribution >= 0.6 is 0 Å². The molecule has 6 heteroatoms. The first kappa shape index (κ1) is 17.4. The van der Waals surface area contributed by atoms with Gasteiger partial charge < -0.3 is 4.74 Å². The van der Waals surface area contributed by atoms with Gasteiger partial charge in [-0.25, -0.2) is 9.69 Å². The first-order valence-electron chi connectivity index (χ1n) is 8.04. The summed E-state index contributed by atoms with van der Waals surface area (Å²) in [5.74, 6) is -0.677. The van der Waals surface area contributed by atoms with Crippen LogP contribution in [0.5, 0.6) is 5.75 Å². The Kier molecular flexibility index (Phi) is 4.58. The van der Waals surface area contributed by atoms with Crippen molar-refractivity contribution in [3.8, 4) is 5.75 Å². The number of carbonyl (C=O) groups excluding carboxylic acids is 3. The molecule has 6 nitrogen and oxygen atoms in total. The maximum absolute atomic E-state index is 12.9. The zero-order valence-electron chi connectivity index (χ0n) is 14.7. The van der Waals surface area contributed by atoms with Crippen LogP contribution in [0.25, 0.3) is 6.08 Å². The number of amides is 4. The van der Waals surface area contributed by atoms with E-state index in [0.717, 1.165) is 16.0 Å². The van der Waals surface area contributed by atoms with E-state index in [4.69, 9.17) is 4.74 Å². The number of anilines is 1. The molecule has 0 spiro atoms. The lowest BCUT2D eigenvalue weighted by atomic mass is 10.0. The Morgan fingerprint density at radius 2 is 1.73 bits per heavy atom. The van der Waals surface area contributed by atoms with E-state index in [0.29, 0.717) is 17.0 Å². The predicted molar refractivity (Wildman–Crippen MR) is 97.9 cm³/mol. The summed E-state index contributed by atoms with van der Waals surface area (Å²) in [6, 6.07) is 11.6. The van der Waals surface area contributed by atoms with Crippen LogP contribution in [-0.4, -0.2) is 25.0 Å². The van der Waals surface area contributed by atoms with Crippen molar-refractivity contribution in [3.63, 3.8) is 0 Å². The normalized spacial score (nSPS) is 16.0. The van der Waals surface area contributed by atoms with E-state index < -0.39 is 17.8 Å². The maximum atomic E-state index is 12.9. The molecule has 1 aliphatic heterocycles. The second-order valence-corrected chi connectivity index (χ2v) is 5.97. The number of barbiturate groups is 1. The second-order valence-electron chi connectivity index (χ2n) is 5.97. The number of hydrogen-bond acceptors (Lipinski definition) is 4. The van der Waals surface area contributed by atoms with Crippen LogP contribution in [0.4, 0.5) is 10.5 Å². The van der Waals surface area contributed by atoms with Gasteiger partial charge in [0.2, 0.25) is 0 Å². The summed E-state index contributed by atoms with van der Waals surface area (Å²) < 4.78 is 5.16. The average molecular weight is 350 g/mol. The van der Waals surface area contributed by atoms with E-state index in [1.165, 1.54) is 6.08 Å². The molecule has 1 heterocycles. The second kappa shape index (κ2) is 6.84. The molecule has 2 aromatic carbocycles. The van der Waals surface area contributed by atoms with E-state index in [2.05, 4.69) is 5.32 Å². The van der Waals surface area contributed by atoms with Crippen molar-refractivity contribution in [3.05, 3.63) is 64.7 Å². The summed E-state index contributed by atoms with van der Waals surface area (Å²) in [4.78, 5) is 38.4. The van der Waals surface area contributed by atoms with Crippen LogP contribution in [0.2, 0.25) is 0 Å². The molecule has 0 aliphatic carbocycles. The molecule has 0 bridgehead atoms. The molecule has 26 heavy (non-hydrogen) atoms. The minimum atomic E-state index is -0.752. The molecular weight excluding hydrogens is 332 g/mol. The number of rotatable bonds is 3. The Hall–Kier alpha value is -3.41. The number of urea groups is 1. The lowest BCUT2D eigenvalue weighted by Gasteiger charge is -2.27. The van der Waals surface area contributed by atoms with E-state index in [1.807, 2.05) is 19.1 Å². The number of nitrogens with one attached hydrogen (secondary N) is 1. The van der Waals surface area contributed by atoms with E-state index in [9.17, 15) is 14.4 Å². The maximum Gasteiger partial charge on any atom is 0.335 e. The van der Waals surface area contributed by atoms with Gasteiger partial charge in [0.25, 0.3) is 11.8 Å². The number of carbonyl (C=O) groups is 3. The Morgan fingerprint density at radius 1 is 1.00 bits per heavy atom. The minimum Gasteiger partial charge on any atom is -0.497 e. The Labute approximate surface area is 151 Å². The van der Waals surface area contributed by atoms with Crippen LogP contribution in [0, 0.1) is 13.8 Å². The first-order valence-corrected chi connectivity index (χ1v) is 8.04. The number of ether oxygens (including phenoxy) is 1. The number of benzene rings is 2. The van der Waals surface area contributed by atoms with Crippen LogP contribution in [0.1, 0.15) is 16.7 Å². The van der Waals surface area contributed by atoms with Crippen molar-refractivity contribution in [1.82, 2.24) is 5.32 Å². The highest BCUT2D eigenvalue weighted by atomic mass is 16.5. The van der Waals surface area contributed by atoms with Gasteiger partial charge in [0.05, 0.1) is 12.8 Å². The number of aryl methyl sites for hydroxylation is 2.